The first-order valence-corrected chi connectivity index (χ1v) is 11.0. The van der Waals surface area contributed by atoms with Gasteiger partial charge < -0.3 is 14.9 Å². The van der Waals surface area contributed by atoms with Crippen LogP contribution in [0.3, 0.4) is 0 Å². The highest BCUT2D eigenvalue weighted by Gasteiger charge is 2.31. The molecule has 11 heteroatoms. The number of aromatic amines is 1. The van der Waals surface area contributed by atoms with E-state index in [0.29, 0.717) is 11.5 Å². The molecule has 0 saturated carbocycles. The number of hydrogen-bond acceptors (Lipinski definition) is 5. The van der Waals surface area contributed by atoms with E-state index < -0.39 is 11.7 Å². The molecule has 0 unspecified atom stereocenters. The number of pyridine rings is 1. The summed E-state index contributed by atoms with van der Waals surface area (Å²) in [6.45, 7) is 0. The lowest BCUT2D eigenvalue weighted by molar-refractivity contribution is -0.137. The highest BCUT2D eigenvalue weighted by atomic mass is 79.9. The number of halogens is 4. The van der Waals surface area contributed by atoms with Crippen LogP contribution in [0, 0.1) is 0 Å². The molecule has 0 bridgehead atoms. The topological polar surface area (TPSA) is 71.4 Å². The van der Waals surface area contributed by atoms with Gasteiger partial charge in [0, 0.05) is 28.3 Å². The van der Waals surface area contributed by atoms with Gasteiger partial charge in [-0.3, -0.25) is 0 Å². The average molecular weight is 519 g/mol. The van der Waals surface area contributed by atoms with Crippen LogP contribution < -0.4 is 5.32 Å². The Morgan fingerprint density at radius 3 is 2.62 bits per heavy atom. The number of hydrogen-bond donors (Lipinski definition) is 2. The van der Waals surface area contributed by atoms with Crippen molar-refractivity contribution in [2.75, 3.05) is 5.32 Å². The van der Waals surface area contributed by atoms with Gasteiger partial charge in [-0.25, -0.2) is 15.0 Å². The van der Waals surface area contributed by atoms with Crippen molar-refractivity contribution in [1.82, 2.24) is 24.5 Å². The fourth-order valence-electron chi connectivity index (χ4n) is 3.29. The number of nitrogens with zero attached hydrogens (tertiary/aromatic N) is 4. The van der Waals surface area contributed by atoms with Gasteiger partial charge in [0.2, 0.25) is 5.95 Å². The van der Waals surface area contributed by atoms with E-state index in [0.717, 1.165) is 38.8 Å². The maximum atomic E-state index is 13.1. The highest BCUT2D eigenvalue weighted by molar-refractivity contribution is 9.10. The number of anilines is 2. The van der Waals surface area contributed by atoms with Gasteiger partial charge in [-0.15, -0.1) is 0 Å². The summed E-state index contributed by atoms with van der Waals surface area (Å²) in [6.07, 6.45) is -0.943. The Bertz CT molecular complexity index is 1440. The number of alkyl halides is 3. The van der Waals surface area contributed by atoms with Gasteiger partial charge in [0.15, 0.2) is 0 Å². The van der Waals surface area contributed by atoms with E-state index in [9.17, 15) is 13.2 Å². The normalized spacial score (nSPS) is 12.0. The lowest BCUT2D eigenvalue weighted by Gasteiger charge is -2.06. The average Bonchev–Trinajstić information content (AvgIpc) is 3.33. The molecule has 0 fully saturated rings. The molecule has 0 radical (unpaired) electrons. The number of benzene rings is 2. The summed E-state index contributed by atoms with van der Waals surface area (Å²) in [5.74, 6) is 0.349. The lowest BCUT2D eigenvalue weighted by Crippen LogP contribution is -2.04. The van der Waals surface area contributed by atoms with Gasteiger partial charge in [-0.1, -0.05) is 11.8 Å². The summed E-state index contributed by atoms with van der Waals surface area (Å²) in [5.41, 5.74) is 2.55. The summed E-state index contributed by atoms with van der Waals surface area (Å²) in [4.78, 5) is 17.1. The number of aryl methyl sites for hydroxylation is 1. The van der Waals surface area contributed by atoms with E-state index in [1.807, 2.05) is 41.9 Å². The van der Waals surface area contributed by atoms with Crippen molar-refractivity contribution < 1.29 is 13.2 Å². The van der Waals surface area contributed by atoms with Crippen molar-refractivity contribution in [1.29, 1.82) is 0 Å². The summed E-state index contributed by atoms with van der Waals surface area (Å²) in [5, 5.41) is 3.95. The predicted molar refractivity (Wildman–Crippen MR) is 121 cm³/mol. The van der Waals surface area contributed by atoms with Gasteiger partial charge in [-0.05, 0) is 58.4 Å². The van der Waals surface area contributed by atoms with E-state index in [-0.39, 0.29) is 9.99 Å². The molecule has 162 valence electrons. The van der Waals surface area contributed by atoms with Crippen LogP contribution in [0.1, 0.15) is 5.56 Å². The Kier molecular flexibility index (Phi) is 5.09. The first-order valence-electron chi connectivity index (χ1n) is 9.35. The molecule has 0 aliphatic carbocycles. The molecule has 2 aromatic carbocycles. The Balaban J connectivity index is 1.37. The standard InChI is InChI=1S/C21H14BrF3N6S/c1-31-10-27-15-6-7-26-19(18(15)31)32-13-4-2-12(3-5-13)28-20-29-16-9-11(21(23,24)25)8-14(22)17(16)30-20/h2-10H,1H3,(H2,28,29,30). The van der Waals surface area contributed by atoms with Crippen LogP contribution in [0.5, 0.6) is 0 Å². The minimum atomic E-state index is -4.43. The van der Waals surface area contributed by atoms with E-state index in [4.69, 9.17) is 0 Å². The summed E-state index contributed by atoms with van der Waals surface area (Å²) in [7, 11) is 1.93. The van der Waals surface area contributed by atoms with Crippen molar-refractivity contribution in [2.24, 2.45) is 7.05 Å². The van der Waals surface area contributed by atoms with Crippen LogP contribution in [-0.4, -0.2) is 24.5 Å². The zero-order chi connectivity index (χ0) is 22.5. The zero-order valence-corrected chi connectivity index (χ0v) is 18.8. The largest absolute Gasteiger partial charge is 0.416 e. The first kappa shape index (κ1) is 20.8. The van der Waals surface area contributed by atoms with E-state index in [1.165, 1.54) is 11.8 Å². The van der Waals surface area contributed by atoms with E-state index in [1.54, 1.807) is 12.5 Å². The third kappa shape index (κ3) is 3.93. The monoisotopic (exact) mass is 518 g/mol. The number of H-pyrrole nitrogens is 1. The number of aromatic nitrogens is 5. The second-order valence-corrected chi connectivity index (χ2v) is 8.94. The van der Waals surface area contributed by atoms with Crippen LogP contribution in [-0.2, 0) is 13.2 Å². The maximum Gasteiger partial charge on any atom is 0.416 e. The molecule has 0 saturated heterocycles. The van der Waals surface area contributed by atoms with Crippen LogP contribution in [0.2, 0.25) is 0 Å². The fraction of sp³-hybridized carbons (Fsp3) is 0.0952. The van der Waals surface area contributed by atoms with Crippen LogP contribution in [0.15, 0.2) is 69.4 Å². The number of nitrogens with one attached hydrogen (secondary N) is 2. The Morgan fingerprint density at radius 1 is 1.09 bits per heavy atom. The molecular formula is C21H14BrF3N6S. The third-order valence-corrected chi connectivity index (χ3v) is 6.40. The van der Waals surface area contributed by atoms with Gasteiger partial charge in [0.1, 0.15) is 16.1 Å². The Morgan fingerprint density at radius 2 is 1.88 bits per heavy atom. The molecule has 5 rings (SSSR count). The molecule has 3 heterocycles. The lowest BCUT2D eigenvalue weighted by atomic mass is 10.2. The number of imidazole rings is 2. The van der Waals surface area contributed by atoms with Crippen molar-refractivity contribution in [3.05, 3.63) is 65.0 Å². The van der Waals surface area contributed by atoms with E-state index in [2.05, 4.69) is 41.2 Å². The molecule has 0 aliphatic rings. The molecular weight excluding hydrogens is 505 g/mol. The quantitative estimate of drug-likeness (QED) is 0.283. The molecule has 5 aromatic rings. The van der Waals surface area contributed by atoms with Crippen molar-refractivity contribution in [3.8, 4) is 0 Å². The number of fused-ring (bicyclic) bond motifs is 2. The van der Waals surface area contributed by atoms with Crippen LogP contribution >= 0.6 is 27.7 Å². The fourth-order valence-corrected chi connectivity index (χ4v) is 4.80. The van der Waals surface area contributed by atoms with Crippen LogP contribution in [0.4, 0.5) is 24.8 Å². The maximum absolute atomic E-state index is 13.1. The third-order valence-electron chi connectivity index (χ3n) is 4.79. The second kappa shape index (κ2) is 7.82. The number of rotatable bonds is 4. The summed E-state index contributed by atoms with van der Waals surface area (Å²) < 4.78 is 41.4. The summed E-state index contributed by atoms with van der Waals surface area (Å²) in [6, 6.07) is 11.5. The molecule has 6 nitrogen and oxygen atoms in total. The molecule has 0 aliphatic heterocycles. The molecule has 2 N–H and O–H groups in total. The van der Waals surface area contributed by atoms with Crippen LogP contribution in [0.25, 0.3) is 22.1 Å². The van der Waals surface area contributed by atoms with Gasteiger partial charge >= 0.3 is 6.18 Å². The van der Waals surface area contributed by atoms with Crippen molar-refractivity contribution >= 4 is 61.4 Å². The SMILES string of the molecule is Cn1cnc2ccnc(Sc3ccc(Nc4nc5c(Br)cc(C(F)(F)F)cc5[nH]4)cc3)c21. The second-order valence-electron chi connectivity index (χ2n) is 7.03. The first-order chi connectivity index (χ1) is 15.3. The van der Waals surface area contributed by atoms with Gasteiger partial charge in [0.25, 0.3) is 0 Å². The molecule has 3 aromatic heterocycles. The Labute approximate surface area is 192 Å². The van der Waals surface area contributed by atoms with Crippen molar-refractivity contribution in [3.63, 3.8) is 0 Å². The molecule has 32 heavy (non-hydrogen) atoms. The van der Waals surface area contributed by atoms with E-state index >= 15 is 0 Å². The smallest absolute Gasteiger partial charge is 0.332 e. The Hall–Kier alpha value is -3.05. The highest BCUT2D eigenvalue weighted by Crippen LogP contribution is 2.36. The molecule has 0 spiro atoms. The zero-order valence-electron chi connectivity index (χ0n) is 16.4. The minimum absolute atomic E-state index is 0.273. The molecule has 0 atom stereocenters. The molecule has 0 amide bonds. The van der Waals surface area contributed by atoms with Gasteiger partial charge in [0.05, 0.1) is 22.9 Å². The minimum Gasteiger partial charge on any atom is -0.332 e. The predicted octanol–water partition coefficient (Wildman–Crippen LogP) is 6.52. The van der Waals surface area contributed by atoms with Gasteiger partial charge in [-0.2, -0.15) is 13.2 Å². The van der Waals surface area contributed by atoms with Crippen molar-refractivity contribution in [2.45, 2.75) is 16.1 Å². The summed E-state index contributed by atoms with van der Waals surface area (Å²) >= 11 is 4.70.